The minimum Gasteiger partial charge on any atom is -0.383 e. The van der Waals surface area contributed by atoms with E-state index in [0.29, 0.717) is 13.0 Å². The number of sulfone groups is 1. The summed E-state index contributed by atoms with van der Waals surface area (Å²) in [6.45, 7) is 0.508. The average Bonchev–Trinajstić information content (AvgIpc) is 2.38. The van der Waals surface area contributed by atoms with Gasteiger partial charge in [0.15, 0.2) is 0 Å². The highest BCUT2D eigenvalue weighted by molar-refractivity contribution is 7.91. The molecule has 0 bridgehead atoms. The fraction of sp³-hybridized carbons (Fsp3) is 0.500. The molecule has 0 radical (unpaired) electrons. The van der Waals surface area contributed by atoms with Gasteiger partial charge in [0.1, 0.15) is 0 Å². The van der Waals surface area contributed by atoms with Crippen molar-refractivity contribution in [3.8, 4) is 0 Å². The number of rotatable bonds is 7. The Bertz CT molecular complexity index is 488. The van der Waals surface area contributed by atoms with Gasteiger partial charge in [-0.2, -0.15) is 8.78 Å². The second-order valence-corrected chi connectivity index (χ2v) is 6.01. The number of nitrogens with one attached hydrogen (secondary N) is 1. The van der Waals surface area contributed by atoms with E-state index in [2.05, 4.69) is 5.32 Å². The van der Waals surface area contributed by atoms with Gasteiger partial charge in [-0.25, -0.2) is 8.42 Å². The van der Waals surface area contributed by atoms with Crippen LogP contribution >= 0.6 is 0 Å². The molecule has 4 nitrogen and oxygen atoms in total. The van der Waals surface area contributed by atoms with Gasteiger partial charge in [-0.05, 0) is 31.2 Å². The largest absolute Gasteiger partial charge is 0.383 e. The molecule has 0 heterocycles. The van der Waals surface area contributed by atoms with Crippen LogP contribution in [-0.4, -0.2) is 41.0 Å². The standard InChI is InChI=1S/C12H17F2NO3S/c1-15-10(8-18-2)7-9-3-5-11(6-4-9)19(16,17)12(13)14/h3-6,10,12,15H,7-8H2,1-2H3. The summed E-state index contributed by atoms with van der Waals surface area (Å²) in [5.74, 6) is -3.39. The summed E-state index contributed by atoms with van der Waals surface area (Å²) >= 11 is 0. The van der Waals surface area contributed by atoms with E-state index in [-0.39, 0.29) is 10.9 Å². The van der Waals surface area contributed by atoms with Crippen molar-refractivity contribution in [3.63, 3.8) is 0 Å². The Kier molecular flexibility index (Phi) is 5.84. The summed E-state index contributed by atoms with van der Waals surface area (Å²) in [5, 5.41) is 3.05. The van der Waals surface area contributed by atoms with Crippen LogP contribution in [0, 0.1) is 0 Å². The minimum atomic E-state index is -4.51. The quantitative estimate of drug-likeness (QED) is 0.827. The topological polar surface area (TPSA) is 55.4 Å². The predicted molar refractivity (Wildman–Crippen MR) is 68.1 cm³/mol. The number of halogens is 2. The van der Waals surface area contributed by atoms with Crippen LogP contribution in [0.1, 0.15) is 5.56 Å². The molecular formula is C12H17F2NO3S. The van der Waals surface area contributed by atoms with Crippen LogP contribution in [0.4, 0.5) is 8.78 Å². The lowest BCUT2D eigenvalue weighted by molar-refractivity contribution is 0.169. The van der Waals surface area contributed by atoms with Crippen LogP contribution < -0.4 is 5.32 Å². The second kappa shape index (κ2) is 6.93. The molecule has 108 valence electrons. The van der Waals surface area contributed by atoms with Crippen LogP contribution in [0.15, 0.2) is 29.2 Å². The van der Waals surface area contributed by atoms with Crippen molar-refractivity contribution >= 4 is 9.84 Å². The minimum absolute atomic E-state index is 0.0857. The first-order valence-corrected chi connectivity index (χ1v) is 7.23. The average molecular weight is 293 g/mol. The third-order valence-corrected chi connectivity index (χ3v) is 4.14. The van der Waals surface area contributed by atoms with E-state index in [1.165, 1.54) is 24.3 Å². The highest BCUT2D eigenvalue weighted by Crippen LogP contribution is 2.19. The molecule has 0 saturated carbocycles. The maximum atomic E-state index is 12.3. The Morgan fingerprint density at radius 3 is 2.26 bits per heavy atom. The Morgan fingerprint density at radius 2 is 1.84 bits per heavy atom. The van der Waals surface area contributed by atoms with Gasteiger partial charge < -0.3 is 10.1 Å². The number of methoxy groups -OCH3 is 1. The van der Waals surface area contributed by atoms with Crippen molar-refractivity contribution in [1.82, 2.24) is 5.32 Å². The van der Waals surface area contributed by atoms with E-state index in [1.54, 1.807) is 14.2 Å². The zero-order valence-corrected chi connectivity index (χ0v) is 11.6. The fourth-order valence-electron chi connectivity index (χ4n) is 1.65. The van der Waals surface area contributed by atoms with Gasteiger partial charge in [-0.15, -0.1) is 0 Å². The van der Waals surface area contributed by atoms with Gasteiger partial charge in [0.2, 0.25) is 9.84 Å². The predicted octanol–water partition coefficient (Wildman–Crippen LogP) is 1.46. The van der Waals surface area contributed by atoms with E-state index < -0.39 is 15.6 Å². The Hall–Kier alpha value is -1.05. The molecule has 0 fully saturated rings. The normalized spacial score (nSPS) is 13.7. The molecule has 19 heavy (non-hydrogen) atoms. The molecule has 1 unspecified atom stereocenters. The van der Waals surface area contributed by atoms with Crippen molar-refractivity contribution < 1.29 is 21.9 Å². The second-order valence-electron chi connectivity index (χ2n) is 4.09. The molecule has 1 rings (SSSR count). The summed E-state index contributed by atoms with van der Waals surface area (Å²) in [5.41, 5.74) is 0.851. The smallest absolute Gasteiger partial charge is 0.341 e. The number of alkyl halides is 2. The SMILES string of the molecule is CNC(COC)Cc1ccc(S(=O)(=O)C(F)F)cc1. The van der Waals surface area contributed by atoms with Gasteiger partial charge in [0.05, 0.1) is 11.5 Å². The lowest BCUT2D eigenvalue weighted by Crippen LogP contribution is -2.32. The monoisotopic (exact) mass is 293 g/mol. The molecule has 1 atom stereocenters. The van der Waals surface area contributed by atoms with E-state index in [4.69, 9.17) is 4.74 Å². The number of likely N-dealkylation sites (N-methyl/N-ethyl adjacent to an activating group) is 1. The summed E-state index contributed by atoms with van der Waals surface area (Å²) < 4.78 is 52.2. The Balaban J connectivity index is 2.82. The maximum Gasteiger partial charge on any atom is 0.341 e. The van der Waals surface area contributed by atoms with Crippen molar-refractivity contribution in [2.45, 2.75) is 23.1 Å². The van der Waals surface area contributed by atoms with Crippen LogP contribution in [0.3, 0.4) is 0 Å². The van der Waals surface area contributed by atoms with E-state index >= 15 is 0 Å². The van der Waals surface area contributed by atoms with Gasteiger partial charge >= 0.3 is 5.76 Å². The third-order valence-electron chi connectivity index (χ3n) is 2.74. The molecule has 1 aromatic carbocycles. The highest BCUT2D eigenvalue weighted by atomic mass is 32.2. The first kappa shape index (κ1) is 16.0. The number of hydrogen-bond donors (Lipinski definition) is 1. The van der Waals surface area contributed by atoms with Crippen LogP contribution in [0.5, 0.6) is 0 Å². The van der Waals surface area contributed by atoms with Crippen LogP contribution in [-0.2, 0) is 21.0 Å². The first-order valence-electron chi connectivity index (χ1n) is 5.69. The Labute approximate surface area is 111 Å². The Morgan fingerprint density at radius 1 is 1.26 bits per heavy atom. The van der Waals surface area contributed by atoms with Crippen LogP contribution in [0.2, 0.25) is 0 Å². The van der Waals surface area contributed by atoms with E-state index in [1.807, 2.05) is 0 Å². The zero-order chi connectivity index (χ0) is 14.5. The molecule has 0 aliphatic heterocycles. The van der Waals surface area contributed by atoms with Gasteiger partial charge in [0, 0.05) is 13.2 Å². The van der Waals surface area contributed by atoms with E-state index in [0.717, 1.165) is 5.56 Å². The van der Waals surface area contributed by atoms with Crippen molar-refractivity contribution in [2.24, 2.45) is 0 Å². The summed E-state index contributed by atoms with van der Waals surface area (Å²) in [4.78, 5) is -0.362. The molecular weight excluding hydrogens is 276 g/mol. The highest BCUT2D eigenvalue weighted by Gasteiger charge is 2.26. The third kappa shape index (κ3) is 4.22. The van der Waals surface area contributed by atoms with E-state index in [9.17, 15) is 17.2 Å². The molecule has 0 spiro atoms. The molecule has 0 amide bonds. The van der Waals surface area contributed by atoms with Gasteiger partial charge in [-0.3, -0.25) is 0 Å². The summed E-state index contributed by atoms with van der Waals surface area (Å²) in [7, 11) is -1.13. The van der Waals surface area contributed by atoms with Crippen LogP contribution in [0.25, 0.3) is 0 Å². The van der Waals surface area contributed by atoms with Crippen molar-refractivity contribution in [3.05, 3.63) is 29.8 Å². The molecule has 0 aliphatic carbocycles. The summed E-state index contributed by atoms with van der Waals surface area (Å²) in [6.07, 6.45) is 0.624. The maximum absolute atomic E-state index is 12.3. The fourth-order valence-corrected chi connectivity index (χ4v) is 2.37. The lowest BCUT2D eigenvalue weighted by atomic mass is 10.1. The number of hydrogen-bond acceptors (Lipinski definition) is 4. The molecule has 1 N–H and O–H groups in total. The number of ether oxygens (including phenoxy) is 1. The van der Waals surface area contributed by atoms with Crippen molar-refractivity contribution in [1.29, 1.82) is 0 Å². The summed E-state index contributed by atoms with van der Waals surface area (Å²) in [6, 6.07) is 5.57. The van der Waals surface area contributed by atoms with Gasteiger partial charge in [0.25, 0.3) is 0 Å². The molecule has 0 aromatic heterocycles. The molecule has 1 aromatic rings. The van der Waals surface area contributed by atoms with Crippen molar-refractivity contribution in [2.75, 3.05) is 20.8 Å². The zero-order valence-electron chi connectivity index (χ0n) is 10.8. The molecule has 0 saturated heterocycles. The number of benzene rings is 1. The van der Waals surface area contributed by atoms with Gasteiger partial charge in [-0.1, -0.05) is 12.1 Å². The molecule has 7 heteroatoms. The molecule has 0 aliphatic rings. The first-order chi connectivity index (χ1) is 8.91. The lowest BCUT2D eigenvalue weighted by Gasteiger charge is -2.15.